The van der Waals surface area contributed by atoms with Gasteiger partial charge in [0.05, 0.1) is 12.2 Å². The Morgan fingerprint density at radius 1 is 0.828 bits per heavy atom. The molecule has 0 aromatic carbocycles. The predicted molar refractivity (Wildman–Crippen MR) is 120 cm³/mol. The van der Waals surface area contributed by atoms with E-state index in [0.717, 1.165) is 48.3 Å². The molecule has 0 aromatic rings. The third kappa shape index (κ3) is 3.73. The van der Waals surface area contributed by atoms with Gasteiger partial charge in [-0.2, -0.15) is 0 Å². The topological polar surface area (TPSA) is 40.5 Å². The van der Waals surface area contributed by atoms with Crippen molar-refractivity contribution in [2.75, 3.05) is 0 Å². The summed E-state index contributed by atoms with van der Waals surface area (Å²) in [5, 5.41) is 20.8. The fourth-order valence-electron chi connectivity index (χ4n) is 9.30. The summed E-state index contributed by atoms with van der Waals surface area (Å²) in [6.45, 7) is 12.4. The Labute approximate surface area is 180 Å². The molecule has 0 amide bonds. The van der Waals surface area contributed by atoms with E-state index in [1.165, 1.54) is 57.8 Å². The van der Waals surface area contributed by atoms with Crippen molar-refractivity contribution < 1.29 is 10.2 Å². The van der Waals surface area contributed by atoms with Gasteiger partial charge in [-0.3, -0.25) is 0 Å². The zero-order valence-electron chi connectivity index (χ0n) is 19.9. The van der Waals surface area contributed by atoms with Crippen LogP contribution in [0, 0.1) is 52.3 Å². The molecule has 29 heavy (non-hydrogen) atoms. The van der Waals surface area contributed by atoms with Gasteiger partial charge in [-0.05, 0) is 104 Å². The molecule has 4 rings (SSSR count). The van der Waals surface area contributed by atoms with Crippen LogP contribution in [0.4, 0.5) is 0 Å². The first-order valence-electron chi connectivity index (χ1n) is 13.0. The predicted octanol–water partition coefficient (Wildman–Crippen LogP) is 6.44. The summed E-state index contributed by atoms with van der Waals surface area (Å²) in [5.74, 6) is 5.80. The summed E-state index contributed by atoms with van der Waals surface area (Å²) in [4.78, 5) is 0. The fourth-order valence-corrected chi connectivity index (χ4v) is 9.30. The average molecular weight is 405 g/mol. The molecule has 1 unspecified atom stereocenters. The van der Waals surface area contributed by atoms with Crippen LogP contribution in [0.5, 0.6) is 0 Å². The maximum atomic E-state index is 10.5. The lowest BCUT2D eigenvalue weighted by Crippen LogP contribution is -2.56. The zero-order valence-corrected chi connectivity index (χ0v) is 19.9. The molecule has 0 bridgehead atoms. The number of fused-ring (bicyclic) bond motifs is 5. The monoisotopic (exact) mass is 404 g/mol. The number of rotatable bonds is 5. The fraction of sp³-hybridized carbons (Fsp3) is 1.00. The van der Waals surface area contributed by atoms with Crippen LogP contribution in [0.25, 0.3) is 0 Å². The second-order valence-corrected chi connectivity index (χ2v) is 12.8. The summed E-state index contributed by atoms with van der Waals surface area (Å²) in [7, 11) is 0. The van der Waals surface area contributed by atoms with Gasteiger partial charge < -0.3 is 10.2 Å². The number of hydrogen-bond donors (Lipinski definition) is 2. The van der Waals surface area contributed by atoms with Crippen molar-refractivity contribution in [1.82, 2.24) is 0 Å². The van der Waals surface area contributed by atoms with Crippen molar-refractivity contribution in [2.24, 2.45) is 52.3 Å². The smallest absolute Gasteiger partial charge is 0.0804 e. The van der Waals surface area contributed by atoms with Crippen LogP contribution in [0.2, 0.25) is 0 Å². The summed E-state index contributed by atoms with van der Waals surface area (Å²) in [6.07, 6.45) is 13.2. The molecule has 0 aliphatic heterocycles. The molecule has 0 spiro atoms. The van der Waals surface area contributed by atoms with Crippen molar-refractivity contribution in [3.05, 3.63) is 0 Å². The number of aliphatic hydroxyl groups excluding tert-OH is 2. The van der Waals surface area contributed by atoms with Gasteiger partial charge in [-0.15, -0.1) is 0 Å². The Balaban J connectivity index is 1.47. The van der Waals surface area contributed by atoms with Gasteiger partial charge >= 0.3 is 0 Å². The van der Waals surface area contributed by atoms with Crippen LogP contribution < -0.4 is 0 Å². The lowest BCUT2D eigenvalue weighted by Gasteiger charge is -2.61. The first-order valence-corrected chi connectivity index (χ1v) is 13.0. The SMILES string of the molecule is CC(C)CCC[C@@H](C)[C@H]1CC[C@H]2[C@@H]3CC[C@@H]4C[C@H](O)C(O)C[C@]4(C)[C@H]3CC[C@]12C. The van der Waals surface area contributed by atoms with E-state index in [9.17, 15) is 10.2 Å². The van der Waals surface area contributed by atoms with Gasteiger partial charge in [0, 0.05) is 0 Å². The van der Waals surface area contributed by atoms with Crippen LogP contribution in [-0.2, 0) is 0 Å². The molecular formula is C27H48O2. The quantitative estimate of drug-likeness (QED) is 0.553. The molecule has 2 heteroatoms. The molecular weight excluding hydrogens is 356 g/mol. The largest absolute Gasteiger partial charge is 0.390 e. The van der Waals surface area contributed by atoms with Gasteiger partial charge in [0.2, 0.25) is 0 Å². The van der Waals surface area contributed by atoms with E-state index < -0.39 is 12.2 Å². The number of aliphatic hydroxyl groups is 2. The van der Waals surface area contributed by atoms with E-state index >= 15 is 0 Å². The molecule has 168 valence electrons. The first-order chi connectivity index (χ1) is 13.7. The van der Waals surface area contributed by atoms with E-state index in [4.69, 9.17) is 0 Å². The highest BCUT2D eigenvalue weighted by Gasteiger charge is 2.61. The third-order valence-corrected chi connectivity index (χ3v) is 10.9. The molecule has 0 aromatic heterocycles. The standard InChI is InChI=1S/C27H48O2/c1-17(2)7-6-8-18(3)21-11-12-22-20-10-9-19-15-24(28)25(29)16-27(19,5)23(20)13-14-26(21,22)4/h17-25,28-29H,6-16H2,1-5H3/t18-,19-,20+,21-,22+,23+,24+,25?,26-,27+/m1/s1. The van der Waals surface area contributed by atoms with Crippen LogP contribution in [0.15, 0.2) is 0 Å². The highest BCUT2D eigenvalue weighted by atomic mass is 16.3. The third-order valence-electron chi connectivity index (χ3n) is 10.9. The van der Waals surface area contributed by atoms with Gasteiger partial charge in [-0.25, -0.2) is 0 Å². The summed E-state index contributed by atoms with van der Waals surface area (Å²) < 4.78 is 0. The Kier molecular flexibility index (Phi) is 6.19. The highest BCUT2D eigenvalue weighted by molar-refractivity contribution is 5.10. The molecule has 2 N–H and O–H groups in total. The lowest BCUT2D eigenvalue weighted by atomic mass is 9.44. The summed E-state index contributed by atoms with van der Waals surface area (Å²) >= 11 is 0. The Hall–Kier alpha value is -0.0800. The molecule has 10 atom stereocenters. The Morgan fingerprint density at radius 3 is 2.28 bits per heavy atom. The second-order valence-electron chi connectivity index (χ2n) is 12.8. The minimum atomic E-state index is -0.499. The van der Waals surface area contributed by atoms with Crippen LogP contribution in [0.3, 0.4) is 0 Å². The van der Waals surface area contributed by atoms with Gasteiger partial charge in [-0.1, -0.05) is 53.9 Å². The normalized spacial score (nSPS) is 50.7. The minimum Gasteiger partial charge on any atom is -0.390 e. The maximum Gasteiger partial charge on any atom is 0.0804 e. The maximum absolute atomic E-state index is 10.5. The van der Waals surface area contributed by atoms with Crippen molar-refractivity contribution in [1.29, 1.82) is 0 Å². The Bertz CT molecular complexity index is 573. The summed E-state index contributed by atoms with van der Waals surface area (Å²) in [5.41, 5.74) is 0.804. The van der Waals surface area contributed by atoms with Crippen molar-refractivity contribution >= 4 is 0 Å². The van der Waals surface area contributed by atoms with E-state index in [-0.39, 0.29) is 5.41 Å². The lowest BCUT2D eigenvalue weighted by molar-refractivity contribution is -0.160. The molecule has 2 nitrogen and oxygen atoms in total. The second kappa shape index (κ2) is 8.12. The molecule has 4 fully saturated rings. The van der Waals surface area contributed by atoms with Crippen molar-refractivity contribution in [3.8, 4) is 0 Å². The Morgan fingerprint density at radius 2 is 1.55 bits per heavy atom. The first kappa shape index (κ1) is 22.1. The molecule has 4 saturated carbocycles. The van der Waals surface area contributed by atoms with Crippen LogP contribution in [-0.4, -0.2) is 22.4 Å². The van der Waals surface area contributed by atoms with E-state index in [0.29, 0.717) is 11.3 Å². The van der Waals surface area contributed by atoms with Gasteiger partial charge in [0.25, 0.3) is 0 Å². The van der Waals surface area contributed by atoms with Crippen LogP contribution >= 0.6 is 0 Å². The molecule has 0 radical (unpaired) electrons. The number of hydrogen-bond acceptors (Lipinski definition) is 2. The van der Waals surface area contributed by atoms with Gasteiger partial charge in [0.15, 0.2) is 0 Å². The summed E-state index contributed by atoms with van der Waals surface area (Å²) in [6, 6.07) is 0. The van der Waals surface area contributed by atoms with Crippen molar-refractivity contribution in [3.63, 3.8) is 0 Å². The van der Waals surface area contributed by atoms with Crippen LogP contribution in [0.1, 0.15) is 105 Å². The zero-order chi connectivity index (χ0) is 21.0. The molecule has 4 aliphatic rings. The molecule has 4 aliphatic carbocycles. The van der Waals surface area contributed by atoms with E-state index in [2.05, 4.69) is 34.6 Å². The minimum absolute atomic E-state index is 0.254. The van der Waals surface area contributed by atoms with Crippen molar-refractivity contribution in [2.45, 2.75) is 117 Å². The van der Waals surface area contributed by atoms with E-state index in [1.54, 1.807) is 0 Å². The average Bonchev–Trinajstić information content (AvgIpc) is 3.00. The van der Waals surface area contributed by atoms with E-state index in [1.807, 2.05) is 0 Å². The highest BCUT2D eigenvalue weighted by Crippen LogP contribution is 2.68. The molecule has 0 heterocycles. The van der Waals surface area contributed by atoms with Gasteiger partial charge in [0.1, 0.15) is 0 Å². The molecule has 0 saturated heterocycles.